The van der Waals surface area contributed by atoms with Crippen LogP contribution in [0.15, 0.2) is 61.1 Å². The number of allylic oxidation sites excluding steroid dienone is 3. The number of hydrogen-bond donors (Lipinski definition) is 1. The Balaban J connectivity index is 1.70. The Hall–Kier alpha value is -3.06. The third-order valence-corrected chi connectivity index (χ3v) is 3.69. The van der Waals surface area contributed by atoms with Crippen LogP contribution >= 0.6 is 0 Å². The zero-order valence-corrected chi connectivity index (χ0v) is 12.5. The summed E-state index contributed by atoms with van der Waals surface area (Å²) in [6, 6.07) is 6.11. The molecule has 0 saturated heterocycles. The molecule has 1 aromatic carbocycles. The minimum absolute atomic E-state index is 0.660. The van der Waals surface area contributed by atoms with Crippen molar-refractivity contribution in [3.8, 4) is 5.75 Å². The summed E-state index contributed by atoms with van der Waals surface area (Å²) in [5.41, 5.74) is 6.86. The number of hydroxylamine groups is 3. The van der Waals surface area contributed by atoms with Crippen molar-refractivity contribution in [3.63, 3.8) is 0 Å². The highest BCUT2D eigenvalue weighted by molar-refractivity contribution is 5.80. The highest BCUT2D eigenvalue weighted by Gasteiger charge is 2.18. The molecule has 0 spiro atoms. The summed E-state index contributed by atoms with van der Waals surface area (Å²) >= 11 is 0. The molecular formula is C16H15N5O2. The molecule has 2 aliphatic heterocycles. The molecule has 0 fully saturated rings. The van der Waals surface area contributed by atoms with E-state index in [1.807, 2.05) is 30.5 Å². The normalized spacial score (nSPS) is 15.8. The number of rotatable bonds is 4. The van der Waals surface area contributed by atoms with Crippen molar-refractivity contribution in [1.82, 2.24) is 25.3 Å². The zero-order chi connectivity index (χ0) is 15.6. The molecule has 7 nitrogen and oxygen atoms in total. The van der Waals surface area contributed by atoms with Crippen LogP contribution in [-0.4, -0.2) is 26.9 Å². The fourth-order valence-electron chi connectivity index (χ4n) is 2.59. The Morgan fingerprint density at radius 1 is 1.35 bits per heavy atom. The van der Waals surface area contributed by atoms with Crippen molar-refractivity contribution < 1.29 is 9.68 Å². The smallest absolute Gasteiger partial charge is 0.137 e. The first-order valence-corrected chi connectivity index (χ1v) is 7.15. The van der Waals surface area contributed by atoms with Gasteiger partial charge in [0.25, 0.3) is 0 Å². The number of nitrogens with zero attached hydrogens (tertiary/aromatic N) is 4. The molecule has 0 aliphatic carbocycles. The maximum absolute atomic E-state index is 5.51. The minimum Gasteiger partial charge on any atom is -0.496 e. The Bertz CT molecular complexity index is 808. The molecule has 2 aromatic rings. The van der Waals surface area contributed by atoms with Gasteiger partial charge in [0.2, 0.25) is 0 Å². The van der Waals surface area contributed by atoms with Crippen molar-refractivity contribution in [2.24, 2.45) is 0 Å². The monoisotopic (exact) mass is 309 g/mol. The zero-order valence-electron chi connectivity index (χ0n) is 12.5. The molecular weight excluding hydrogens is 294 g/mol. The quantitative estimate of drug-likeness (QED) is 0.930. The van der Waals surface area contributed by atoms with Gasteiger partial charge in [-0.05, 0) is 35.4 Å². The van der Waals surface area contributed by atoms with E-state index in [-0.39, 0.29) is 0 Å². The number of methoxy groups -OCH3 is 1. The lowest BCUT2D eigenvalue weighted by atomic mass is 9.99. The van der Waals surface area contributed by atoms with Gasteiger partial charge in [0.05, 0.1) is 25.6 Å². The van der Waals surface area contributed by atoms with Crippen LogP contribution in [0.5, 0.6) is 5.75 Å². The molecule has 0 saturated carbocycles. The summed E-state index contributed by atoms with van der Waals surface area (Å²) in [5, 5.41) is 5.81. The lowest BCUT2D eigenvalue weighted by Gasteiger charge is -2.19. The van der Waals surface area contributed by atoms with Crippen LogP contribution in [0.4, 0.5) is 0 Å². The number of ether oxygens (including phenoxy) is 1. The number of nitrogens with one attached hydrogen (secondary N) is 1. The summed E-state index contributed by atoms with van der Waals surface area (Å²) in [6.45, 7) is 0.660. The molecule has 1 aromatic heterocycles. The van der Waals surface area contributed by atoms with Gasteiger partial charge < -0.3 is 4.74 Å². The second-order valence-corrected chi connectivity index (χ2v) is 5.15. The average Bonchev–Trinajstić information content (AvgIpc) is 3.25. The first kappa shape index (κ1) is 13.6. The van der Waals surface area contributed by atoms with Crippen molar-refractivity contribution in [1.29, 1.82) is 0 Å². The first-order chi connectivity index (χ1) is 11.3. The molecule has 0 bridgehead atoms. The summed E-state index contributed by atoms with van der Waals surface area (Å²) in [7, 11) is 1.68. The van der Waals surface area contributed by atoms with E-state index in [1.165, 1.54) is 6.33 Å². The van der Waals surface area contributed by atoms with Gasteiger partial charge in [0.1, 0.15) is 18.4 Å². The molecule has 0 radical (unpaired) electrons. The van der Waals surface area contributed by atoms with Crippen LogP contribution in [-0.2, 0) is 11.5 Å². The van der Waals surface area contributed by atoms with E-state index >= 15 is 0 Å². The molecule has 0 atom stereocenters. The highest BCUT2D eigenvalue weighted by atomic mass is 16.8. The predicted molar refractivity (Wildman–Crippen MR) is 83.4 cm³/mol. The highest BCUT2D eigenvalue weighted by Crippen LogP contribution is 2.32. The number of fused-ring (bicyclic) bond motifs is 1. The fourth-order valence-corrected chi connectivity index (χ4v) is 2.59. The third-order valence-electron chi connectivity index (χ3n) is 3.69. The fraction of sp³-hybridized carbons (Fsp3) is 0.125. The van der Waals surface area contributed by atoms with Gasteiger partial charge in [0, 0.05) is 11.8 Å². The number of hydrogen-bond acceptors (Lipinski definition) is 6. The molecule has 23 heavy (non-hydrogen) atoms. The van der Waals surface area contributed by atoms with E-state index < -0.39 is 0 Å². The Kier molecular flexibility index (Phi) is 3.32. The van der Waals surface area contributed by atoms with Crippen molar-refractivity contribution in [2.45, 2.75) is 6.54 Å². The standard InChI is InChI=1S/C16H15N5O2/c1-22-16-3-2-12(9-20-11-17-10-18-20)6-15(16)13-4-5-21-14(7-13)8-19-23-21/h2-8,10-11,19H,9H2,1H3. The first-order valence-electron chi connectivity index (χ1n) is 7.15. The van der Waals surface area contributed by atoms with Gasteiger partial charge in [-0.25, -0.2) is 20.2 Å². The maximum Gasteiger partial charge on any atom is 0.137 e. The van der Waals surface area contributed by atoms with E-state index in [0.717, 1.165) is 28.1 Å². The van der Waals surface area contributed by atoms with Gasteiger partial charge in [-0.3, -0.25) is 0 Å². The van der Waals surface area contributed by atoms with Crippen LogP contribution < -0.4 is 10.2 Å². The summed E-state index contributed by atoms with van der Waals surface area (Å²) in [5.74, 6) is 0.823. The third kappa shape index (κ3) is 2.58. The Morgan fingerprint density at radius 2 is 2.30 bits per heavy atom. The van der Waals surface area contributed by atoms with Gasteiger partial charge >= 0.3 is 0 Å². The van der Waals surface area contributed by atoms with Crippen molar-refractivity contribution in [2.75, 3.05) is 7.11 Å². The van der Waals surface area contributed by atoms with E-state index in [4.69, 9.17) is 9.68 Å². The van der Waals surface area contributed by atoms with E-state index in [1.54, 1.807) is 29.4 Å². The molecule has 116 valence electrons. The van der Waals surface area contributed by atoms with E-state index in [9.17, 15) is 0 Å². The summed E-state index contributed by atoms with van der Waals surface area (Å²) in [4.78, 5) is 9.17. The van der Waals surface area contributed by atoms with E-state index in [2.05, 4.69) is 21.6 Å². The molecule has 0 amide bonds. The van der Waals surface area contributed by atoms with Gasteiger partial charge in [-0.15, -0.1) is 0 Å². The largest absolute Gasteiger partial charge is 0.496 e. The minimum atomic E-state index is 0.660. The van der Waals surface area contributed by atoms with Gasteiger partial charge in [-0.2, -0.15) is 10.0 Å². The molecule has 3 heterocycles. The second-order valence-electron chi connectivity index (χ2n) is 5.15. The molecule has 0 unspecified atom stereocenters. The van der Waals surface area contributed by atoms with Gasteiger partial charge in [-0.1, -0.05) is 6.07 Å². The summed E-state index contributed by atoms with van der Waals surface area (Å²) in [6.07, 6.45) is 10.9. The number of aromatic nitrogens is 3. The molecule has 7 heteroatoms. The van der Waals surface area contributed by atoms with Crippen LogP contribution in [0, 0.1) is 0 Å². The second kappa shape index (κ2) is 5.62. The average molecular weight is 309 g/mol. The Morgan fingerprint density at radius 3 is 3.13 bits per heavy atom. The molecule has 2 aliphatic rings. The lowest BCUT2D eigenvalue weighted by Crippen LogP contribution is -2.15. The van der Waals surface area contributed by atoms with Crippen LogP contribution in [0.1, 0.15) is 11.1 Å². The van der Waals surface area contributed by atoms with E-state index in [0.29, 0.717) is 6.54 Å². The van der Waals surface area contributed by atoms with Crippen molar-refractivity contribution >= 4 is 5.57 Å². The van der Waals surface area contributed by atoms with Crippen LogP contribution in [0.2, 0.25) is 0 Å². The summed E-state index contributed by atoms with van der Waals surface area (Å²) < 4.78 is 7.30. The molecule has 4 rings (SSSR count). The van der Waals surface area contributed by atoms with Crippen LogP contribution in [0.25, 0.3) is 5.57 Å². The maximum atomic E-state index is 5.51. The predicted octanol–water partition coefficient (Wildman–Crippen LogP) is 1.84. The van der Waals surface area contributed by atoms with Crippen LogP contribution in [0.3, 0.4) is 0 Å². The molecule has 1 N–H and O–H groups in total. The topological polar surface area (TPSA) is 64.4 Å². The SMILES string of the molecule is COc1ccc(Cn2cncn2)cc1C1=CC2=CNON2C=C1. The van der Waals surface area contributed by atoms with Crippen molar-refractivity contribution in [3.05, 3.63) is 72.2 Å². The Labute approximate surface area is 133 Å². The lowest BCUT2D eigenvalue weighted by molar-refractivity contribution is -0.112. The number of benzene rings is 1. The van der Waals surface area contributed by atoms with Gasteiger partial charge in [0.15, 0.2) is 0 Å².